The molecule has 0 rings (SSSR count). The average Bonchev–Trinajstić information content (AvgIpc) is 3.03. The fraction of sp³-hybridized carbons (Fsp3) is 0.643. The van der Waals surface area contributed by atoms with Crippen molar-refractivity contribution in [3.8, 4) is 0 Å². The van der Waals surface area contributed by atoms with E-state index in [0.29, 0.717) is 6.54 Å². The third kappa shape index (κ3) is 18.6. The summed E-state index contributed by atoms with van der Waals surface area (Å²) in [5.41, 5.74) is 4.94. The highest BCUT2D eigenvalue weighted by Crippen LogP contribution is 1.95. The molecule has 0 aromatic rings. The molecule has 0 fully saturated rings. The van der Waals surface area contributed by atoms with Crippen LogP contribution in [0.25, 0.3) is 0 Å². The lowest BCUT2D eigenvalue weighted by molar-refractivity contribution is -0.141. The number of carbonyl (C=O) groups excluding carboxylic acids is 10. The summed E-state index contributed by atoms with van der Waals surface area (Å²) in [5.74, 6) is -5.94. The number of hydrogen-bond acceptors (Lipinski definition) is 11. The van der Waals surface area contributed by atoms with Gasteiger partial charge in [0.2, 0.25) is 59.1 Å². The second kappa shape index (κ2) is 22.3. The Morgan fingerprint density at radius 2 is 0.673 bits per heavy atom. The SMILES string of the molecule is CCNCC(=O)N(C)CC(=O)N(C)CC(=O)NCC(=O)N(C)CC(=O)N(C)CC(=O)NCC(=O)N(C)CC(=O)N(C)CC(=O)NCC(N)=O. The van der Waals surface area contributed by atoms with Gasteiger partial charge in [-0.25, -0.2) is 0 Å². The van der Waals surface area contributed by atoms with Crippen LogP contribution in [0.5, 0.6) is 0 Å². The van der Waals surface area contributed by atoms with Gasteiger partial charge in [0.25, 0.3) is 0 Å². The Labute approximate surface area is 284 Å². The minimum Gasteiger partial charge on any atom is -0.368 e. The molecule has 0 aliphatic heterocycles. The minimum absolute atomic E-state index is 0.0718. The molecule has 49 heavy (non-hydrogen) atoms. The molecule has 21 nitrogen and oxygen atoms in total. The lowest BCUT2D eigenvalue weighted by Crippen LogP contribution is -2.49. The molecule has 0 radical (unpaired) electrons. The van der Waals surface area contributed by atoms with Crippen molar-refractivity contribution in [2.24, 2.45) is 5.73 Å². The highest BCUT2D eigenvalue weighted by molar-refractivity contribution is 5.93. The van der Waals surface area contributed by atoms with Gasteiger partial charge in [-0.2, -0.15) is 0 Å². The Morgan fingerprint density at radius 3 is 0.959 bits per heavy atom. The van der Waals surface area contributed by atoms with Gasteiger partial charge in [-0.1, -0.05) is 6.92 Å². The van der Waals surface area contributed by atoms with Crippen molar-refractivity contribution in [1.29, 1.82) is 0 Å². The van der Waals surface area contributed by atoms with E-state index in [9.17, 15) is 47.9 Å². The number of carbonyl (C=O) groups is 10. The van der Waals surface area contributed by atoms with E-state index in [1.165, 1.54) is 47.2 Å². The molecular weight excluding hydrogens is 650 g/mol. The lowest BCUT2D eigenvalue weighted by Gasteiger charge is -2.23. The largest absolute Gasteiger partial charge is 0.368 e. The zero-order valence-corrected chi connectivity index (χ0v) is 29.1. The van der Waals surface area contributed by atoms with E-state index in [-0.39, 0.29) is 38.6 Å². The lowest BCUT2D eigenvalue weighted by atomic mass is 10.4. The van der Waals surface area contributed by atoms with E-state index in [0.717, 1.165) is 24.5 Å². The first-order chi connectivity index (χ1) is 22.8. The monoisotopic (exact) mass is 699 g/mol. The second-order valence-corrected chi connectivity index (χ2v) is 11.1. The van der Waals surface area contributed by atoms with Gasteiger partial charge in [-0.3, -0.25) is 47.9 Å². The summed E-state index contributed by atoms with van der Waals surface area (Å²) < 4.78 is 0. The average molecular weight is 700 g/mol. The maximum absolute atomic E-state index is 12.5. The van der Waals surface area contributed by atoms with Crippen LogP contribution in [0.1, 0.15) is 6.92 Å². The number of nitrogens with one attached hydrogen (secondary N) is 4. The summed E-state index contributed by atoms with van der Waals surface area (Å²) >= 11 is 0. The van der Waals surface area contributed by atoms with Crippen LogP contribution >= 0.6 is 0 Å². The van der Waals surface area contributed by atoms with E-state index in [4.69, 9.17) is 5.73 Å². The summed E-state index contributed by atoms with van der Waals surface area (Å²) in [5, 5.41) is 9.78. The minimum atomic E-state index is -0.751. The Morgan fingerprint density at radius 1 is 0.408 bits per heavy atom. The van der Waals surface area contributed by atoms with Gasteiger partial charge in [-0.15, -0.1) is 0 Å². The van der Waals surface area contributed by atoms with Crippen molar-refractivity contribution >= 4 is 59.1 Å². The second-order valence-electron chi connectivity index (χ2n) is 11.1. The zero-order chi connectivity index (χ0) is 37.8. The molecule has 0 aromatic carbocycles. The Bertz CT molecular complexity index is 1250. The molecule has 6 N–H and O–H groups in total. The van der Waals surface area contributed by atoms with Crippen molar-refractivity contribution in [1.82, 2.24) is 50.7 Å². The predicted octanol–water partition coefficient (Wildman–Crippen LogP) is -6.82. The molecule has 0 aliphatic rings. The van der Waals surface area contributed by atoms with E-state index < -0.39 is 85.9 Å². The molecular formula is C28H49N11O10. The van der Waals surface area contributed by atoms with Gasteiger partial charge in [0, 0.05) is 42.3 Å². The van der Waals surface area contributed by atoms with Gasteiger partial charge < -0.3 is 56.4 Å². The molecule has 0 unspecified atom stereocenters. The zero-order valence-electron chi connectivity index (χ0n) is 29.1. The third-order valence-corrected chi connectivity index (χ3v) is 6.67. The van der Waals surface area contributed by atoms with Crippen LogP contribution < -0.4 is 27.0 Å². The van der Waals surface area contributed by atoms with Gasteiger partial charge >= 0.3 is 0 Å². The van der Waals surface area contributed by atoms with Gasteiger partial charge in [0.15, 0.2) is 0 Å². The molecule has 0 aliphatic carbocycles. The van der Waals surface area contributed by atoms with Crippen LogP contribution in [0.15, 0.2) is 0 Å². The summed E-state index contributed by atoms with van der Waals surface area (Å²) in [7, 11) is 8.10. The first-order valence-corrected chi connectivity index (χ1v) is 15.0. The highest BCUT2D eigenvalue weighted by Gasteiger charge is 2.22. The van der Waals surface area contributed by atoms with Crippen molar-refractivity contribution in [3.05, 3.63) is 0 Å². The smallest absolute Gasteiger partial charge is 0.242 e. The first kappa shape index (κ1) is 43.7. The maximum atomic E-state index is 12.5. The predicted molar refractivity (Wildman–Crippen MR) is 173 cm³/mol. The molecule has 0 saturated heterocycles. The van der Waals surface area contributed by atoms with E-state index in [2.05, 4.69) is 21.3 Å². The molecule has 276 valence electrons. The number of amides is 10. The summed E-state index contributed by atoms with van der Waals surface area (Å²) in [6, 6.07) is 0. The Hall–Kier alpha value is -5.34. The van der Waals surface area contributed by atoms with Crippen molar-refractivity contribution < 1.29 is 47.9 Å². The van der Waals surface area contributed by atoms with E-state index >= 15 is 0 Å². The van der Waals surface area contributed by atoms with Crippen molar-refractivity contribution in [2.45, 2.75) is 6.92 Å². The third-order valence-electron chi connectivity index (χ3n) is 6.67. The molecule has 0 aromatic heterocycles. The highest BCUT2D eigenvalue weighted by atomic mass is 16.2. The molecule has 0 atom stereocenters. The van der Waals surface area contributed by atoms with Gasteiger partial charge in [0.1, 0.15) is 0 Å². The topological polar surface area (TPSA) is 264 Å². The normalized spacial score (nSPS) is 10.2. The summed E-state index contributed by atoms with van der Waals surface area (Å²) in [6.45, 7) is -1.11. The van der Waals surface area contributed by atoms with Crippen LogP contribution in [0.2, 0.25) is 0 Å². The molecule has 0 bridgehead atoms. The Balaban J connectivity index is 4.55. The summed E-state index contributed by atoms with van der Waals surface area (Å²) in [4.78, 5) is 127. The standard InChI is InChI=1S/C28H49N11O10/c1-8-30-10-23(44)37(5)16-26(47)35(3)14-21(42)32-12-25(46)39(7)18-28(49)36(4)15-22(43)33-11-24(45)38(6)17-27(48)34(2)13-20(41)31-9-19(29)40/h30H,8-18H2,1-7H3,(H2,29,40)(H,31,41)(H,32,42)(H,33,43). The van der Waals surface area contributed by atoms with E-state index in [1.807, 2.05) is 6.92 Å². The number of hydrogen-bond donors (Lipinski definition) is 5. The van der Waals surface area contributed by atoms with Crippen LogP contribution in [-0.4, -0.2) is 203 Å². The van der Waals surface area contributed by atoms with Crippen LogP contribution in [0.3, 0.4) is 0 Å². The Kier molecular flexibility index (Phi) is 19.8. The first-order valence-electron chi connectivity index (χ1n) is 15.0. The number of likely N-dealkylation sites (N-methyl/N-ethyl adjacent to an activating group) is 7. The van der Waals surface area contributed by atoms with Crippen molar-refractivity contribution in [3.63, 3.8) is 0 Å². The fourth-order valence-corrected chi connectivity index (χ4v) is 3.48. The molecule has 0 heterocycles. The van der Waals surface area contributed by atoms with Crippen molar-refractivity contribution in [2.75, 3.05) is 114 Å². The van der Waals surface area contributed by atoms with Crippen LogP contribution in [-0.2, 0) is 47.9 Å². The summed E-state index contributed by atoms with van der Waals surface area (Å²) in [6.07, 6.45) is 0. The van der Waals surface area contributed by atoms with Crippen LogP contribution in [0.4, 0.5) is 0 Å². The molecule has 0 saturated carbocycles. The fourth-order valence-electron chi connectivity index (χ4n) is 3.48. The molecule has 0 spiro atoms. The quantitative estimate of drug-likeness (QED) is 0.0752. The van der Waals surface area contributed by atoms with Gasteiger partial charge in [-0.05, 0) is 6.54 Å². The maximum Gasteiger partial charge on any atom is 0.242 e. The molecule has 21 heteroatoms. The number of primary amides is 1. The van der Waals surface area contributed by atoms with Crippen LogP contribution in [0, 0.1) is 0 Å². The number of rotatable bonds is 21. The molecule has 10 amide bonds. The number of nitrogens with zero attached hydrogens (tertiary/aromatic N) is 6. The van der Waals surface area contributed by atoms with E-state index in [1.54, 1.807) is 0 Å². The van der Waals surface area contributed by atoms with Gasteiger partial charge in [0.05, 0.1) is 65.4 Å². The number of nitrogens with two attached hydrogens (primary N) is 1.